The molecule has 0 aliphatic rings. The van der Waals surface area contributed by atoms with Crippen LogP contribution in [0.1, 0.15) is 4.88 Å². The molecule has 0 bridgehead atoms. The second-order valence-corrected chi connectivity index (χ2v) is 4.56. The van der Waals surface area contributed by atoms with Gasteiger partial charge in [-0.25, -0.2) is 0 Å². The van der Waals surface area contributed by atoms with Crippen molar-refractivity contribution in [2.45, 2.75) is 6.42 Å². The van der Waals surface area contributed by atoms with Gasteiger partial charge < -0.3 is 14.8 Å². The van der Waals surface area contributed by atoms with Gasteiger partial charge >= 0.3 is 0 Å². The SMILES string of the molecule is COc1cc(OC)nc(NCCc2cccs2)n1. The van der Waals surface area contributed by atoms with E-state index in [1.807, 2.05) is 6.07 Å². The van der Waals surface area contributed by atoms with Gasteiger partial charge in [-0.3, -0.25) is 0 Å². The highest BCUT2D eigenvalue weighted by molar-refractivity contribution is 7.09. The highest BCUT2D eigenvalue weighted by Gasteiger charge is 2.04. The third-order valence-corrected chi connectivity index (χ3v) is 3.27. The van der Waals surface area contributed by atoms with E-state index < -0.39 is 0 Å². The highest BCUT2D eigenvalue weighted by Crippen LogP contribution is 2.17. The van der Waals surface area contributed by atoms with Gasteiger partial charge in [-0.1, -0.05) is 6.07 Å². The van der Waals surface area contributed by atoms with Crippen LogP contribution in [-0.2, 0) is 6.42 Å². The summed E-state index contributed by atoms with van der Waals surface area (Å²) in [4.78, 5) is 9.73. The first kappa shape index (κ1) is 12.6. The molecule has 0 radical (unpaired) electrons. The number of hydrogen-bond donors (Lipinski definition) is 1. The lowest BCUT2D eigenvalue weighted by molar-refractivity contribution is 0.373. The second-order valence-electron chi connectivity index (χ2n) is 3.53. The molecular weight excluding hydrogens is 250 g/mol. The summed E-state index contributed by atoms with van der Waals surface area (Å²) in [5, 5.41) is 5.23. The number of nitrogens with zero attached hydrogens (tertiary/aromatic N) is 2. The van der Waals surface area contributed by atoms with Crippen molar-refractivity contribution < 1.29 is 9.47 Å². The number of rotatable bonds is 6. The first-order valence-corrected chi connectivity index (χ1v) is 6.43. The van der Waals surface area contributed by atoms with Gasteiger partial charge in [-0.05, 0) is 17.9 Å². The molecule has 0 spiro atoms. The van der Waals surface area contributed by atoms with Crippen molar-refractivity contribution in [2.75, 3.05) is 26.1 Å². The van der Waals surface area contributed by atoms with Crippen molar-refractivity contribution in [1.29, 1.82) is 0 Å². The van der Waals surface area contributed by atoms with Crippen LogP contribution in [0.3, 0.4) is 0 Å². The van der Waals surface area contributed by atoms with E-state index in [9.17, 15) is 0 Å². The molecule has 2 aromatic rings. The molecule has 0 atom stereocenters. The molecule has 0 fully saturated rings. The lowest BCUT2D eigenvalue weighted by atomic mass is 10.3. The van der Waals surface area contributed by atoms with Crippen LogP contribution in [0.2, 0.25) is 0 Å². The Balaban J connectivity index is 1.95. The maximum absolute atomic E-state index is 5.08. The van der Waals surface area contributed by atoms with E-state index in [-0.39, 0.29) is 0 Å². The van der Waals surface area contributed by atoms with Crippen LogP contribution in [0, 0.1) is 0 Å². The Morgan fingerprint density at radius 2 is 1.94 bits per heavy atom. The zero-order chi connectivity index (χ0) is 12.8. The molecule has 0 saturated heterocycles. The molecule has 2 aromatic heterocycles. The van der Waals surface area contributed by atoms with Crippen LogP contribution >= 0.6 is 11.3 Å². The average Bonchev–Trinajstić information content (AvgIpc) is 2.91. The Kier molecular flexibility index (Phi) is 4.35. The molecule has 0 amide bonds. The molecule has 5 nitrogen and oxygen atoms in total. The van der Waals surface area contributed by atoms with Crippen molar-refractivity contribution in [3.8, 4) is 11.8 Å². The van der Waals surface area contributed by atoms with Gasteiger partial charge in [0.25, 0.3) is 0 Å². The van der Waals surface area contributed by atoms with Crippen LogP contribution in [0.25, 0.3) is 0 Å². The number of nitrogens with one attached hydrogen (secondary N) is 1. The number of hydrogen-bond acceptors (Lipinski definition) is 6. The molecular formula is C12H15N3O2S. The van der Waals surface area contributed by atoms with Crippen LogP contribution in [0.5, 0.6) is 11.8 Å². The Morgan fingerprint density at radius 1 is 1.22 bits per heavy atom. The van der Waals surface area contributed by atoms with Crippen LogP contribution in [0.15, 0.2) is 23.6 Å². The van der Waals surface area contributed by atoms with Gasteiger partial charge in [-0.2, -0.15) is 9.97 Å². The van der Waals surface area contributed by atoms with E-state index in [1.165, 1.54) is 4.88 Å². The molecule has 1 N–H and O–H groups in total. The normalized spacial score (nSPS) is 10.1. The summed E-state index contributed by atoms with van der Waals surface area (Å²) in [5.41, 5.74) is 0. The van der Waals surface area contributed by atoms with E-state index in [4.69, 9.17) is 9.47 Å². The molecule has 0 saturated carbocycles. The Hall–Kier alpha value is -1.82. The van der Waals surface area contributed by atoms with Gasteiger partial charge in [0.15, 0.2) is 0 Å². The molecule has 0 aromatic carbocycles. The van der Waals surface area contributed by atoms with Gasteiger partial charge in [0.05, 0.1) is 20.3 Å². The Morgan fingerprint density at radius 3 is 2.50 bits per heavy atom. The van der Waals surface area contributed by atoms with Crippen LogP contribution in [0.4, 0.5) is 5.95 Å². The summed E-state index contributed by atoms with van der Waals surface area (Å²) in [5.74, 6) is 1.49. The summed E-state index contributed by atoms with van der Waals surface area (Å²) in [6.45, 7) is 0.775. The van der Waals surface area contributed by atoms with Gasteiger partial charge in [-0.15, -0.1) is 11.3 Å². The molecule has 2 rings (SSSR count). The quantitative estimate of drug-likeness (QED) is 0.867. The van der Waals surface area contributed by atoms with Gasteiger partial charge in [0.2, 0.25) is 17.7 Å². The third-order valence-electron chi connectivity index (χ3n) is 2.33. The average molecular weight is 265 g/mol. The van der Waals surface area contributed by atoms with E-state index in [0.29, 0.717) is 17.7 Å². The first-order chi connectivity index (χ1) is 8.81. The first-order valence-electron chi connectivity index (χ1n) is 5.55. The van der Waals surface area contributed by atoms with Crippen molar-refractivity contribution in [3.63, 3.8) is 0 Å². The minimum Gasteiger partial charge on any atom is -0.481 e. The van der Waals surface area contributed by atoms with Gasteiger partial charge in [0, 0.05) is 11.4 Å². The lowest BCUT2D eigenvalue weighted by Crippen LogP contribution is -2.08. The Bertz CT molecular complexity index is 466. The monoisotopic (exact) mass is 265 g/mol. The third kappa shape index (κ3) is 3.33. The van der Waals surface area contributed by atoms with Crippen LogP contribution in [-0.4, -0.2) is 30.7 Å². The van der Waals surface area contributed by atoms with Crippen molar-refractivity contribution in [2.24, 2.45) is 0 Å². The summed E-state index contributed by atoms with van der Waals surface area (Å²) < 4.78 is 10.2. The molecule has 96 valence electrons. The van der Waals surface area contributed by atoms with Crippen LogP contribution < -0.4 is 14.8 Å². The number of thiophene rings is 1. The molecule has 18 heavy (non-hydrogen) atoms. The van der Waals surface area contributed by atoms with E-state index >= 15 is 0 Å². The molecule has 0 aliphatic heterocycles. The standard InChI is InChI=1S/C12H15N3O2S/c1-16-10-8-11(17-2)15-12(14-10)13-6-5-9-4-3-7-18-9/h3-4,7-8H,5-6H2,1-2H3,(H,13,14,15). The zero-order valence-corrected chi connectivity index (χ0v) is 11.2. The van der Waals surface area contributed by atoms with E-state index in [0.717, 1.165) is 13.0 Å². The molecule has 2 heterocycles. The topological polar surface area (TPSA) is 56.3 Å². The largest absolute Gasteiger partial charge is 0.481 e. The minimum absolute atomic E-state index is 0.487. The summed E-state index contributed by atoms with van der Waals surface area (Å²) in [7, 11) is 3.13. The number of methoxy groups -OCH3 is 2. The molecule has 6 heteroatoms. The second kappa shape index (κ2) is 6.20. The fourth-order valence-corrected chi connectivity index (χ4v) is 2.15. The number of ether oxygens (including phenoxy) is 2. The zero-order valence-electron chi connectivity index (χ0n) is 10.3. The highest BCUT2D eigenvalue weighted by atomic mass is 32.1. The Labute approximate surface area is 110 Å². The summed E-state index contributed by atoms with van der Waals surface area (Å²) in [6.07, 6.45) is 0.945. The predicted molar refractivity (Wildman–Crippen MR) is 71.6 cm³/mol. The fraction of sp³-hybridized carbons (Fsp3) is 0.333. The molecule has 0 unspecified atom stereocenters. The van der Waals surface area contributed by atoms with Crippen molar-refractivity contribution in [3.05, 3.63) is 28.5 Å². The minimum atomic E-state index is 0.487. The lowest BCUT2D eigenvalue weighted by Gasteiger charge is -2.07. The van der Waals surface area contributed by atoms with Gasteiger partial charge in [0.1, 0.15) is 0 Å². The maximum atomic E-state index is 5.08. The number of anilines is 1. The number of aromatic nitrogens is 2. The summed E-state index contributed by atoms with van der Waals surface area (Å²) in [6, 6.07) is 5.80. The fourth-order valence-electron chi connectivity index (χ4n) is 1.44. The van der Waals surface area contributed by atoms with E-state index in [2.05, 4.69) is 26.7 Å². The summed E-state index contributed by atoms with van der Waals surface area (Å²) >= 11 is 1.74. The van der Waals surface area contributed by atoms with E-state index in [1.54, 1.807) is 31.6 Å². The van der Waals surface area contributed by atoms with Crippen molar-refractivity contribution in [1.82, 2.24) is 9.97 Å². The molecule has 0 aliphatic carbocycles. The predicted octanol–water partition coefficient (Wildman–Crippen LogP) is 2.21. The maximum Gasteiger partial charge on any atom is 0.229 e. The smallest absolute Gasteiger partial charge is 0.229 e. The van der Waals surface area contributed by atoms with Crippen molar-refractivity contribution >= 4 is 17.3 Å².